The molecule has 0 saturated heterocycles. The van der Waals surface area contributed by atoms with Gasteiger partial charge in [-0.3, -0.25) is 4.98 Å². The van der Waals surface area contributed by atoms with Crippen molar-refractivity contribution >= 4 is 31.9 Å². The number of hydrogen-bond acceptors (Lipinski definition) is 2. The summed E-state index contributed by atoms with van der Waals surface area (Å²) in [6, 6.07) is 2.69. The van der Waals surface area contributed by atoms with E-state index in [-0.39, 0.29) is 0 Å². The number of nitrogens with one attached hydrogen (secondary N) is 1. The van der Waals surface area contributed by atoms with E-state index in [4.69, 9.17) is 0 Å². The van der Waals surface area contributed by atoms with E-state index in [1.54, 1.807) is 0 Å². The van der Waals surface area contributed by atoms with Crippen molar-refractivity contribution in [1.82, 2.24) is 10.3 Å². The highest BCUT2D eigenvalue weighted by molar-refractivity contribution is 9.11. The Hall–Kier alpha value is 0.0700. The Morgan fingerprint density at radius 3 is 2.82 bits per heavy atom. The predicted octanol–water partition coefficient (Wildman–Crippen LogP) is 4.27. The van der Waals surface area contributed by atoms with Gasteiger partial charge in [-0.15, -0.1) is 0 Å². The maximum absolute atomic E-state index is 4.42. The third kappa shape index (κ3) is 3.76. The van der Waals surface area contributed by atoms with Crippen LogP contribution in [0.25, 0.3) is 0 Å². The molecule has 0 radical (unpaired) electrons. The highest BCUT2D eigenvalue weighted by atomic mass is 79.9. The smallest absolute Gasteiger partial charge is 0.0684 e. The molecule has 94 valence electrons. The minimum absolute atomic E-state index is 0.502. The van der Waals surface area contributed by atoms with Crippen LogP contribution >= 0.6 is 31.9 Å². The minimum atomic E-state index is 0.502. The lowest BCUT2D eigenvalue weighted by Crippen LogP contribution is -2.27. The number of pyridine rings is 1. The summed E-state index contributed by atoms with van der Waals surface area (Å²) in [5.74, 6) is 0. The van der Waals surface area contributed by atoms with E-state index in [0.29, 0.717) is 11.5 Å². The molecule has 2 rings (SSSR count). The van der Waals surface area contributed by atoms with E-state index >= 15 is 0 Å². The van der Waals surface area contributed by atoms with Crippen molar-refractivity contribution in [2.45, 2.75) is 45.7 Å². The summed E-state index contributed by atoms with van der Waals surface area (Å²) in [6.07, 6.45) is 5.71. The van der Waals surface area contributed by atoms with Crippen molar-refractivity contribution in [3.05, 3.63) is 26.9 Å². The summed E-state index contributed by atoms with van der Waals surface area (Å²) in [5.41, 5.74) is 1.58. The van der Waals surface area contributed by atoms with Crippen LogP contribution in [0.1, 0.15) is 38.8 Å². The molecule has 1 saturated carbocycles. The molecule has 1 aromatic rings. The highest BCUT2D eigenvalue weighted by Crippen LogP contribution is 2.37. The minimum Gasteiger partial charge on any atom is -0.308 e. The Labute approximate surface area is 120 Å². The fraction of sp³-hybridized carbons (Fsp3) is 0.615. The molecular formula is C13H18Br2N2. The fourth-order valence-electron chi connectivity index (χ4n) is 2.42. The molecule has 1 unspecified atom stereocenters. The van der Waals surface area contributed by atoms with Gasteiger partial charge in [0.15, 0.2) is 0 Å². The molecule has 1 N–H and O–H groups in total. The third-order valence-corrected chi connectivity index (χ3v) is 4.53. The fourth-order valence-corrected chi connectivity index (χ4v) is 3.55. The number of hydrogen-bond donors (Lipinski definition) is 1. The first-order valence-electron chi connectivity index (χ1n) is 6.00. The molecule has 0 aromatic carbocycles. The molecular weight excluding hydrogens is 344 g/mol. The molecule has 0 bridgehead atoms. The van der Waals surface area contributed by atoms with Crippen LogP contribution in [0.3, 0.4) is 0 Å². The summed E-state index contributed by atoms with van der Waals surface area (Å²) in [5, 5.41) is 3.61. The summed E-state index contributed by atoms with van der Waals surface area (Å²) < 4.78 is 2.08. The van der Waals surface area contributed by atoms with Crippen LogP contribution < -0.4 is 5.32 Å². The molecule has 1 aliphatic carbocycles. The van der Waals surface area contributed by atoms with Gasteiger partial charge in [-0.25, -0.2) is 0 Å². The summed E-state index contributed by atoms with van der Waals surface area (Å²) in [6.45, 7) is 5.54. The van der Waals surface area contributed by atoms with Crippen LogP contribution in [0.5, 0.6) is 0 Å². The van der Waals surface area contributed by atoms with Crippen molar-refractivity contribution < 1.29 is 0 Å². The normalized spacial score (nSPS) is 22.9. The van der Waals surface area contributed by atoms with Crippen LogP contribution in [0.4, 0.5) is 0 Å². The van der Waals surface area contributed by atoms with Gasteiger partial charge in [-0.1, -0.05) is 13.8 Å². The van der Waals surface area contributed by atoms with E-state index < -0.39 is 0 Å². The Morgan fingerprint density at radius 2 is 2.24 bits per heavy atom. The Morgan fingerprint density at radius 1 is 1.47 bits per heavy atom. The molecule has 1 aliphatic rings. The standard InChI is InChI=1S/C13H18Br2N2/c1-13(2)4-3-10(6-13)16-8-12-11(15)5-9(14)7-17-12/h5,7,10,16H,3-4,6,8H2,1-2H3. The van der Waals surface area contributed by atoms with Crippen LogP contribution in [-0.4, -0.2) is 11.0 Å². The van der Waals surface area contributed by atoms with Gasteiger partial charge < -0.3 is 5.32 Å². The predicted molar refractivity (Wildman–Crippen MR) is 77.9 cm³/mol. The average molecular weight is 362 g/mol. The molecule has 1 heterocycles. The maximum atomic E-state index is 4.42. The van der Waals surface area contributed by atoms with Crippen molar-refractivity contribution in [3.8, 4) is 0 Å². The van der Waals surface area contributed by atoms with Crippen LogP contribution in [-0.2, 0) is 6.54 Å². The summed E-state index contributed by atoms with van der Waals surface area (Å²) in [7, 11) is 0. The van der Waals surface area contributed by atoms with Crippen LogP contribution in [0, 0.1) is 5.41 Å². The van der Waals surface area contributed by atoms with Crippen LogP contribution in [0.15, 0.2) is 21.2 Å². The lowest BCUT2D eigenvalue weighted by Gasteiger charge is -2.18. The molecule has 17 heavy (non-hydrogen) atoms. The van der Waals surface area contributed by atoms with Gasteiger partial charge in [0.05, 0.1) is 5.69 Å². The van der Waals surface area contributed by atoms with E-state index in [9.17, 15) is 0 Å². The largest absolute Gasteiger partial charge is 0.308 e. The zero-order chi connectivity index (χ0) is 12.5. The molecule has 1 aromatic heterocycles. The lowest BCUT2D eigenvalue weighted by molar-refractivity contribution is 0.364. The van der Waals surface area contributed by atoms with E-state index in [2.05, 4.69) is 56.0 Å². The lowest BCUT2D eigenvalue weighted by atomic mass is 9.92. The molecule has 0 amide bonds. The molecule has 2 nitrogen and oxygen atoms in total. The van der Waals surface area contributed by atoms with Gasteiger partial charge in [-0.05, 0) is 62.6 Å². The summed E-state index contributed by atoms with van der Waals surface area (Å²) in [4.78, 5) is 4.42. The highest BCUT2D eigenvalue weighted by Gasteiger charge is 2.30. The first-order chi connectivity index (χ1) is 7.96. The maximum Gasteiger partial charge on any atom is 0.0684 e. The number of aromatic nitrogens is 1. The van der Waals surface area contributed by atoms with Gasteiger partial charge in [0, 0.05) is 27.7 Å². The summed E-state index contributed by atoms with van der Waals surface area (Å²) >= 11 is 6.96. The van der Waals surface area contributed by atoms with E-state index in [1.807, 2.05) is 12.3 Å². The average Bonchev–Trinajstić information content (AvgIpc) is 2.57. The monoisotopic (exact) mass is 360 g/mol. The number of halogens is 2. The van der Waals surface area contributed by atoms with Crippen molar-refractivity contribution in [2.24, 2.45) is 5.41 Å². The second-order valence-electron chi connectivity index (χ2n) is 5.57. The molecule has 1 fully saturated rings. The second kappa shape index (κ2) is 5.37. The van der Waals surface area contributed by atoms with Gasteiger partial charge >= 0.3 is 0 Å². The third-order valence-electron chi connectivity index (χ3n) is 3.41. The van der Waals surface area contributed by atoms with Gasteiger partial charge in [-0.2, -0.15) is 0 Å². The van der Waals surface area contributed by atoms with E-state index in [1.165, 1.54) is 19.3 Å². The molecule has 4 heteroatoms. The Bertz CT molecular complexity index is 404. The quantitative estimate of drug-likeness (QED) is 0.869. The molecule has 1 atom stereocenters. The Kier molecular flexibility index (Phi) is 4.26. The van der Waals surface area contributed by atoms with Crippen molar-refractivity contribution in [2.75, 3.05) is 0 Å². The van der Waals surface area contributed by atoms with Crippen molar-refractivity contribution in [3.63, 3.8) is 0 Å². The first-order valence-corrected chi connectivity index (χ1v) is 7.58. The zero-order valence-corrected chi connectivity index (χ0v) is 13.4. The molecule has 0 spiro atoms. The van der Waals surface area contributed by atoms with Gasteiger partial charge in [0.1, 0.15) is 0 Å². The number of rotatable bonds is 3. The Balaban J connectivity index is 1.90. The van der Waals surface area contributed by atoms with E-state index in [0.717, 1.165) is 21.2 Å². The first kappa shape index (κ1) is 13.5. The van der Waals surface area contributed by atoms with Gasteiger partial charge in [0.2, 0.25) is 0 Å². The molecule has 0 aliphatic heterocycles. The second-order valence-corrected chi connectivity index (χ2v) is 7.34. The SMILES string of the molecule is CC1(C)CCC(NCc2ncc(Br)cc2Br)C1. The zero-order valence-electron chi connectivity index (χ0n) is 10.3. The van der Waals surface area contributed by atoms with Crippen LogP contribution in [0.2, 0.25) is 0 Å². The van der Waals surface area contributed by atoms with Gasteiger partial charge in [0.25, 0.3) is 0 Å². The topological polar surface area (TPSA) is 24.9 Å². The van der Waals surface area contributed by atoms with Crippen molar-refractivity contribution in [1.29, 1.82) is 0 Å². The number of nitrogens with zero attached hydrogens (tertiary/aromatic N) is 1.